The lowest BCUT2D eigenvalue weighted by Gasteiger charge is -2.08. The van der Waals surface area contributed by atoms with E-state index in [0.29, 0.717) is 23.0 Å². The first kappa shape index (κ1) is 17.4. The van der Waals surface area contributed by atoms with E-state index in [1.807, 2.05) is 60.7 Å². The molecule has 1 aromatic heterocycles. The van der Waals surface area contributed by atoms with Gasteiger partial charge in [0, 0.05) is 17.3 Å². The number of carbonyl (C=O) groups is 1. The zero-order valence-electron chi connectivity index (χ0n) is 14.8. The van der Waals surface area contributed by atoms with Crippen LogP contribution < -0.4 is 15.4 Å². The van der Waals surface area contributed by atoms with Crippen LogP contribution in [0.5, 0.6) is 11.5 Å². The maximum absolute atomic E-state index is 12.2. The molecule has 0 bridgehead atoms. The molecule has 0 aliphatic carbocycles. The van der Waals surface area contributed by atoms with Crippen LogP contribution in [0.3, 0.4) is 0 Å². The van der Waals surface area contributed by atoms with Gasteiger partial charge in [0.25, 0.3) is 0 Å². The van der Waals surface area contributed by atoms with Crippen LogP contribution in [0.15, 0.2) is 95.5 Å². The largest absolute Gasteiger partial charge is 0.457 e. The van der Waals surface area contributed by atoms with Crippen molar-refractivity contribution in [2.75, 3.05) is 10.6 Å². The van der Waals surface area contributed by atoms with Gasteiger partial charge in [-0.2, -0.15) is 0 Å². The van der Waals surface area contributed by atoms with Crippen molar-refractivity contribution in [2.24, 2.45) is 0 Å². The summed E-state index contributed by atoms with van der Waals surface area (Å²) in [5.74, 6) is 2.35. The van der Waals surface area contributed by atoms with Crippen LogP contribution in [0.2, 0.25) is 0 Å². The predicted octanol–water partition coefficient (Wildman–Crippen LogP) is 5.78. The number of hydrogen-bond donors (Lipinski definition) is 2. The Labute approximate surface area is 161 Å². The molecule has 0 fully saturated rings. The highest BCUT2D eigenvalue weighted by Crippen LogP contribution is 2.24. The first-order valence-electron chi connectivity index (χ1n) is 8.69. The number of aromatic nitrogens is 1. The minimum atomic E-state index is -0.412. The lowest BCUT2D eigenvalue weighted by molar-refractivity contribution is 0.262. The first-order chi connectivity index (χ1) is 13.8. The fourth-order valence-electron chi connectivity index (χ4n) is 2.58. The van der Waals surface area contributed by atoms with E-state index >= 15 is 0 Å². The molecule has 4 rings (SSSR count). The third-order valence-corrected chi connectivity index (χ3v) is 3.90. The second-order valence-electron chi connectivity index (χ2n) is 5.96. The number of rotatable bonds is 5. The molecule has 3 aromatic carbocycles. The van der Waals surface area contributed by atoms with E-state index in [9.17, 15) is 4.79 Å². The number of amides is 2. The standard InChI is InChI=1S/C22H17N3O3/c26-22(24-21-15-20(28-25-21)16-7-3-1-4-8-16)23-17-11-13-19(14-12-17)27-18-9-5-2-6-10-18/h1-15H,(H2,23,24,25,26). The molecule has 0 aliphatic rings. The van der Waals surface area contributed by atoms with Gasteiger partial charge in [-0.05, 0) is 36.4 Å². The molecule has 0 radical (unpaired) electrons. The summed E-state index contributed by atoms with van der Waals surface area (Å²) in [6, 6.07) is 27.4. The summed E-state index contributed by atoms with van der Waals surface area (Å²) < 4.78 is 11.0. The zero-order chi connectivity index (χ0) is 19.2. The maximum atomic E-state index is 12.2. The van der Waals surface area contributed by atoms with Crippen molar-refractivity contribution in [1.29, 1.82) is 0 Å². The maximum Gasteiger partial charge on any atom is 0.324 e. The summed E-state index contributed by atoms with van der Waals surface area (Å²) in [5.41, 5.74) is 1.52. The van der Waals surface area contributed by atoms with E-state index < -0.39 is 6.03 Å². The zero-order valence-corrected chi connectivity index (χ0v) is 14.8. The molecule has 2 amide bonds. The third kappa shape index (κ3) is 4.37. The molecule has 1 heterocycles. The van der Waals surface area contributed by atoms with E-state index in [2.05, 4.69) is 15.8 Å². The molecule has 6 heteroatoms. The number of benzene rings is 3. The van der Waals surface area contributed by atoms with Gasteiger partial charge in [0.1, 0.15) is 11.5 Å². The lowest BCUT2D eigenvalue weighted by Crippen LogP contribution is -2.19. The molecule has 0 aliphatic heterocycles. The number of anilines is 2. The van der Waals surface area contributed by atoms with Crippen molar-refractivity contribution in [3.8, 4) is 22.8 Å². The van der Waals surface area contributed by atoms with Crippen molar-refractivity contribution in [3.05, 3.63) is 91.0 Å². The van der Waals surface area contributed by atoms with Crippen LogP contribution >= 0.6 is 0 Å². The Morgan fingerprint density at radius 2 is 1.43 bits per heavy atom. The fraction of sp³-hybridized carbons (Fsp3) is 0. The molecule has 6 nitrogen and oxygen atoms in total. The highest BCUT2D eigenvalue weighted by Gasteiger charge is 2.09. The fourth-order valence-corrected chi connectivity index (χ4v) is 2.58. The summed E-state index contributed by atoms with van der Waals surface area (Å²) >= 11 is 0. The number of carbonyl (C=O) groups excluding carboxylic acids is 1. The molecule has 2 N–H and O–H groups in total. The monoisotopic (exact) mass is 371 g/mol. The summed E-state index contributed by atoms with van der Waals surface area (Å²) in [7, 11) is 0. The van der Waals surface area contributed by atoms with Gasteiger partial charge in [-0.3, -0.25) is 5.32 Å². The molecule has 0 saturated heterocycles. The highest BCUT2D eigenvalue weighted by molar-refractivity contribution is 5.99. The molecule has 138 valence electrons. The van der Waals surface area contributed by atoms with E-state index in [1.54, 1.807) is 30.3 Å². The Bertz CT molecular complexity index is 1050. The van der Waals surface area contributed by atoms with E-state index in [1.165, 1.54) is 0 Å². The van der Waals surface area contributed by atoms with Crippen LogP contribution in [-0.4, -0.2) is 11.2 Å². The summed E-state index contributed by atoms with van der Waals surface area (Å²) in [4.78, 5) is 12.2. The Hall–Kier alpha value is -4.06. The molecule has 0 unspecified atom stereocenters. The van der Waals surface area contributed by atoms with E-state index in [0.717, 1.165) is 11.3 Å². The van der Waals surface area contributed by atoms with E-state index in [-0.39, 0.29) is 0 Å². The first-order valence-corrected chi connectivity index (χ1v) is 8.69. The number of urea groups is 1. The SMILES string of the molecule is O=C(Nc1ccc(Oc2ccccc2)cc1)Nc1cc(-c2ccccc2)on1. The molecule has 4 aromatic rings. The molecular formula is C22H17N3O3. The third-order valence-electron chi connectivity index (χ3n) is 3.90. The van der Waals surface area contributed by atoms with Gasteiger partial charge in [-0.25, -0.2) is 4.79 Å². The van der Waals surface area contributed by atoms with Gasteiger partial charge in [-0.1, -0.05) is 53.7 Å². The Balaban J connectivity index is 1.34. The molecule has 0 atom stereocenters. The van der Waals surface area contributed by atoms with Crippen molar-refractivity contribution >= 4 is 17.5 Å². The normalized spacial score (nSPS) is 10.3. The average Bonchev–Trinajstić information content (AvgIpc) is 3.19. The minimum absolute atomic E-state index is 0.334. The topological polar surface area (TPSA) is 76.4 Å². The van der Waals surface area contributed by atoms with Gasteiger partial charge in [0.2, 0.25) is 0 Å². The second-order valence-corrected chi connectivity index (χ2v) is 5.96. The van der Waals surface area contributed by atoms with Crippen molar-refractivity contribution in [1.82, 2.24) is 5.16 Å². The quantitative estimate of drug-likeness (QED) is 0.466. The molecular weight excluding hydrogens is 354 g/mol. The molecule has 28 heavy (non-hydrogen) atoms. The van der Waals surface area contributed by atoms with Crippen molar-refractivity contribution < 1.29 is 14.1 Å². The van der Waals surface area contributed by atoms with Gasteiger partial charge >= 0.3 is 6.03 Å². The number of para-hydroxylation sites is 1. The summed E-state index contributed by atoms with van der Waals surface area (Å²) in [6.45, 7) is 0. The minimum Gasteiger partial charge on any atom is -0.457 e. The summed E-state index contributed by atoms with van der Waals surface area (Å²) in [6.07, 6.45) is 0. The molecule has 0 spiro atoms. The van der Waals surface area contributed by atoms with E-state index in [4.69, 9.17) is 9.26 Å². The smallest absolute Gasteiger partial charge is 0.324 e. The highest BCUT2D eigenvalue weighted by atomic mass is 16.5. The van der Waals surface area contributed by atoms with Gasteiger partial charge in [0.15, 0.2) is 11.6 Å². The van der Waals surface area contributed by atoms with Crippen molar-refractivity contribution in [3.63, 3.8) is 0 Å². The summed E-state index contributed by atoms with van der Waals surface area (Å²) in [5, 5.41) is 9.26. The van der Waals surface area contributed by atoms with Gasteiger partial charge < -0.3 is 14.6 Å². The Kier molecular flexibility index (Phi) is 5.02. The predicted molar refractivity (Wildman–Crippen MR) is 108 cm³/mol. The van der Waals surface area contributed by atoms with Crippen LogP contribution in [0.25, 0.3) is 11.3 Å². The van der Waals surface area contributed by atoms with Crippen LogP contribution in [-0.2, 0) is 0 Å². The Morgan fingerprint density at radius 3 is 2.14 bits per heavy atom. The van der Waals surface area contributed by atoms with Crippen LogP contribution in [0.1, 0.15) is 0 Å². The number of ether oxygens (including phenoxy) is 1. The van der Waals surface area contributed by atoms with Gasteiger partial charge in [-0.15, -0.1) is 0 Å². The van der Waals surface area contributed by atoms with Crippen LogP contribution in [0.4, 0.5) is 16.3 Å². The van der Waals surface area contributed by atoms with Gasteiger partial charge in [0.05, 0.1) is 0 Å². The van der Waals surface area contributed by atoms with Crippen LogP contribution in [0, 0.1) is 0 Å². The molecule has 0 saturated carbocycles. The number of nitrogens with one attached hydrogen (secondary N) is 2. The second kappa shape index (κ2) is 8.09. The average molecular weight is 371 g/mol. The number of nitrogens with zero attached hydrogens (tertiary/aromatic N) is 1. The van der Waals surface area contributed by atoms with Crippen molar-refractivity contribution in [2.45, 2.75) is 0 Å². The number of hydrogen-bond acceptors (Lipinski definition) is 4. The lowest BCUT2D eigenvalue weighted by atomic mass is 10.2. The Morgan fingerprint density at radius 1 is 0.786 bits per heavy atom.